The summed E-state index contributed by atoms with van der Waals surface area (Å²) in [7, 11) is 0. The molecule has 0 amide bonds. The molecular weight excluding hydrogens is 256 g/mol. The average molecular weight is 273 g/mol. The van der Waals surface area contributed by atoms with Gasteiger partial charge in [0.1, 0.15) is 6.10 Å². The van der Waals surface area contributed by atoms with Gasteiger partial charge in [0.25, 0.3) is 0 Å². The summed E-state index contributed by atoms with van der Waals surface area (Å²) in [5.41, 5.74) is 0. The SMILES string of the molecule is CC(=O)OC1C(Br)CC2C3CCC(C3)C21. The monoisotopic (exact) mass is 272 g/mol. The molecule has 0 heterocycles. The average Bonchev–Trinajstić information content (AvgIpc) is 2.79. The highest BCUT2D eigenvalue weighted by Gasteiger charge is 2.57. The summed E-state index contributed by atoms with van der Waals surface area (Å²) in [6.07, 6.45) is 5.54. The predicted octanol–water partition coefficient (Wildman–Crippen LogP) is 2.75. The Labute approximate surface area is 98.9 Å². The quantitative estimate of drug-likeness (QED) is 0.542. The van der Waals surface area contributed by atoms with Crippen LogP contribution in [0.3, 0.4) is 0 Å². The molecule has 6 atom stereocenters. The maximum Gasteiger partial charge on any atom is 0.302 e. The summed E-state index contributed by atoms with van der Waals surface area (Å²) in [5, 5.41) is 0. The van der Waals surface area contributed by atoms with Crippen LogP contribution in [0, 0.1) is 23.7 Å². The van der Waals surface area contributed by atoms with E-state index in [1.807, 2.05) is 0 Å². The molecule has 3 aliphatic rings. The largest absolute Gasteiger partial charge is 0.461 e. The number of fused-ring (bicyclic) bond motifs is 5. The fraction of sp³-hybridized carbons (Fsp3) is 0.917. The first-order chi connectivity index (χ1) is 7.16. The summed E-state index contributed by atoms with van der Waals surface area (Å²) in [6.45, 7) is 1.53. The molecule has 84 valence electrons. The van der Waals surface area contributed by atoms with E-state index < -0.39 is 0 Å². The van der Waals surface area contributed by atoms with Crippen molar-refractivity contribution in [2.75, 3.05) is 0 Å². The Morgan fingerprint density at radius 1 is 1.27 bits per heavy atom. The Hall–Kier alpha value is -0.0500. The predicted molar refractivity (Wildman–Crippen MR) is 60.7 cm³/mol. The fourth-order valence-electron chi connectivity index (χ4n) is 4.30. The zero-order valence-electron chi connectivity index (χ0n) is 8.99. The van der Waals surface area contributed by atoms with Gasteiger partial charge >= 0.3 is 5.97 Å². The van der Waals surface area contributed by atoms with E-state index in [4.69, 9.17) is 4.74 Å². The van der Waals surface area contributed by atoms with E-state index >= 15 is 0 Å². The fourth-order valence-corrected chi connectivity index (χ4v) is 5.19. The molecule has 0 radical (unpaired) electrons. The second-order valence-electron chi connectivity index (χ2n) is 5.40. The lowest BCUT2D eigenvalue weighted by molar-refractivity contribution is -0.148. The molecule has 15 heavy (non-hydrogen) atoms. The minimum Gasteiger partial charge on any atom is -0.461 e. The Morgan fingerprint density at radius 2 is 2.00 bits per heavy atom. The Kier molecular flexibility index (Phi) is 2.35. The number of esters is 1. The van der Waals surface area contributed by atoms with Gasteiger partial charge in [-0.3, -0.25) is 4.79 Å². The topological polar surface area (TPSA) is 26.3 Å². The van der Waals surface area contributed by atoms with E-state index in [-0.39, 0.29) is 12.1 Å². The summed E-state index contributed by atoms with van der Waals surface area (Å²) >= 11 is 3.69. The van der Waals surface area contributed by atoms with Crippen LogP contribution in [0.25, 0.3) is 0 Å². The highest BCUT2D eigenvalue weighted by atomic mass is 79.9. The van der Waals surface area contributed by atoms with Gasteiger partial charge in [-0.1, -0.05) is 15.9 Å². The number of halogens is 1. The van der Waals surface area contributed by atoms with E-state index in [9.17, 15) is 4.79 Å². The second kappa shape index (κ2) is 3.47. The van der Waals surface area contributed by atoms with Crippen LogP contribution in [0.2, 0.25) is 0 Å². The first-order valence-corrected chi connectivity index (χ1v) is 6.89. The van der Waals surface area contributed by atoms with Crippen LogP contribution in [0.1, 0.15) is 32.6 Å². The van der Waals surface area contributed by atoms with Crippen molar-refractivity contribution in [3.05, 3.63) is 0 Å². The van der Waals surface area contributed by atoms with Gasteiger partial charge in [-0.25, -0.2) is 0 Å². The van der Waals surface area contributed by atoms with Crippen LogP contribution in [0.5, 0.6) is 0 Å². The van der Waals surface area contributed by atoms with Crippen molar-refractivity contribution < 1.29 is 9.53 Å². The zero-order valence-corrected chi connectivity index (χ0v) is 10.6. The number of alkyl halides is 1. The van der Waals surface area contributed by atoms with E-state index in [0.717, 1.165) is 17.8 Å². The van der Waals surface area contributed by atoms with Crippen LogP contribution in [-0.4, -0.2) is 16.9 Å². The van der Waals surface area contributed by atoms with Gasteiger partial charge < -0.3 is 4.74 Å². The lowest BCUT2D eigenvalue weighted by atomic mass is 9.81. The molecule has 0 aromatic rings. The van der Waals surface area contributed by atoms with Crippen molar-refractivity contribution in [1.82, 2.24) is 0 Å². The third-order valence-corrected chi connectivity index (χ3v) is 5.59. The number of carbonyl (C=O) groups is 1. The van der Waals surface area contributed by atoms with Crippen LogP contribution < -0.4 is 0 Å². The first kappa shape index (κ1) is 10.1. The molecule has 0 aromatic carbocycles. The molecule has 2 bridgehead atoms. The molecule has 0 aliphatic heterocycles. The normalized spacial score (nSPS) is 51.9. The third kappa shape index (κ3) is 1.46. The summed E-state index contributed by atoms with van der Waals surface area (Å²) in [6, 6.07) is 0. The standard InChI is InChI=1S/C12H17BrO2/c1-6(14)15-12-10(13)5-9-7-2-3-8(4-7)11(9)12/h7-12H,2-5H2,1H3. The van der Waals surface area contributed by atoms with Gasteiger partial charge in [0.2, 0.25) is 0 Å². The molecule has 3 fully saturated rings. The molecule has 3 aliphatic carbocycles. The Balaban J connectivity index is 1.81. The smallest absolute Gasteiger partial charge is 0.302 e. The minimum atomic E-state index is -0.118. The zero-order chi connectivity index (χ0) is 10.6. The van der Waals surface area contributed by atoms with Crippen molar-refractivity contribution in [3.63, 3.8) is 0 Å². The molecule has 0 aromatic heterocycles. The minimum absolute atomic E-state index is 0.118. The lowest BCUT2D eigenvalue weighted by Gasteiger charge is -2.28. The van der Waals surface area contributed by atoms with Gasteiger partial charge in [-0.05, 0) is 43.4 Å². The molecule has 3 saturated carbocycles. The van der Waals surface area contributed by atoms with E-state index in [1.54, 1.807) is 0 Å². The van der Waals surface area contributed by atoms with E-state index in [2.05, 4.69) is 15.9 Å². The Bertz CT molecular complexity index is 291. The number of hydrogen-bond acceptors (Lipinski definition) is 2. The second-order valence-corrected chi connectivity index (χ2v) is 6.58. The van der Waals surface area contributed by atoms with Gasteiger partial charge in [0.05, 0.1) is 4.83 Å². The molecule has 0 saturated heterocycles. The lowest BCUT2D eigenvalue weighted by Crippen LogP contribution is -2.32. The molecule has 3 rings (SSSR count). The van der Waals surface area contributed by atoms with Crippen molar-refractivity contribution in [1.29, 1.82) is 0 Å². The van der Waals surface area contributed by atoms with E-state index in [0.29, 0.717) is 10.7 Å². The van der Waals surface area contributed by atoms with Crippen LogP contribution in [0.15, 0.2) is 0 Å². The molecular formula is C12H17BrO2. The highest BCUT2D eigenvalue weighted by molar-refractivity contribution is 9.09. The summed E-state index contributed by atoms with van der Waals surface area (Å²) < 4.78 is 5.50. The first-order valence-electron chi connectivity index (χ1n) is 5.98. The van der Waals surface area contributed by atoms with Crippen molar-refractivity contribution >= 4 is 21.9 Å². The molecule has 0 spiro atoms. The van der Waals surface area contributed by atoms with Gasteiger partial charge in [-0.15, -0.1) is 0 Å². The molecule has 2 nitrogen and oxygen atoms in total. The van der Waals surface area contributed by atoms with Crippen molar-refractivity contribution in [2.24, 2.45) is 23.7 Å². The van der Waals surface area contributed by atoms with Crippen molar-refractivity contribution in [2.45, 2.75) is 43.5 Å². The Morgan fingerprint density at radius 3 is 2.73 bits per heavy atom. The molecule has 3 heteroatoms. The number of hydrogen-bond donors (Lipinski definition) is 0. The highest BCUT2D eigenvalue weighted by Crippen LogP contribution is 2.60. The van der Waals surface area contributed by atoms with Gasteiger partial charge in [0, 0.05) is 12.8 Å². The van der Waals surface area contributed by atoms with Crippen LogP contribution in [0.4, 0.5) is 0 Å². The summed E-state index contributed by atoms with van der Waals surface area (Å²) in [5.74, 6) is 3.15. The molecule has 6 unspecified atom stereocenters. The van der Waals surface area contributed by atoms with E-state index in [1.165, 1.54) is 32.6 Å². The summed E-state index contributed by atoms with van der Waals surface area (Å²) in [4.78, 5) is 11.5. The van der Waals surface area contributed by atoms with Crippen molar-refractivity contribution in [3.8, 4) is 0 Å². The van der Waals surface area contributed by atoms with Gasteiger partial charge in [0.15, 0.2) is 0 Å². The maximum atomic E-state index is 11.1. The van der Waals surface area contributed by atoms with Gasteiger partial charge in [-0.2, -0.15) is 0 Å². The number of rotatable bonds is 1. The van der Waals surface area contributed by atoms with Crippen LogP contribution in [-0.2, 0) is 9.53 Å². The number of carbonyl (C=O) groups excluding carboxylic acids is 1. The van der Waals surface area contributed by atoms with Crippen LogP contribution >= 0.6 is 15.9 Å². The maximum absolute atomic E-state index is 11.1. The number of ether oxygens (including phenoxy) is 1. The third-order valence-electron chi connectivity index (χ3n) is 4.69. The molecule has 0 N–H and O–H groups in total.